The molecule has 2 aromatic carbocycles. The first-order valence-corrected chi connectivity index (χ1v) is 7.40. The summed E-state index contributed by atoms with van der Waals surface area (Å²) < 4.78 is 5.53. The van der Waals surface area contributed by atoms with Crippen LogP contribution in [0, 0.1) is 0 Å². The summed E-state index contributed by atoms with van der Waals surface area (Å²) in [6.07, 6.45) is 2.02. The van der Waals surface area contributed by atoms with Gasteiger partial charge in [0.2, 0.25) is 0 Å². The van der Waals surface area contributed by atoms with E-state index in [9.17, 15) is 9.90 Å². The predicted octanol–water partition coefficient (Wildman–Crippen LogP) is 3.31. The van der Waals surface area contributed by atoms with E-state index in [1.807, 2.05) is 31.2 Å². The van der Waals surface area contributed by atoms with E-state index in [2.05, 4.69) is 0 Å². The Labute approximate surface area is 134 Å². The molecular formula is C18H16ClO3-. The normalized spacial score (nSPS) is 11.3. The topological polar surface area (TPSA) is 49.4 Å². The highest BCUT2D eigenvalue weighted by molar-refractivity contribution is 6.30. The van der Waals surface area contributed by atoms with Crippen molar-refractivity contribution < 1.29 is 14.6 Å². The fourth-order valence-electron chi connectivity index (χ4n) is 2.03. The molecule has 0 heterocycles. The molecule has 0 radical (unpaired) electrons. The lowest BCUT2D eigenvalue weighted by molar-refractivity contribution is -0.297. The van der Waals surface area contributed by atoms with E-state index in [4.69, 9.17) is 16.3 Å². The van der Waals surface area contributed by atoms with Gasteiger partial charge in [-0.15, -0.1) is 0 Å². The zero-order valence-electron chi connectivity index (χ0n) is 12.2. The second-order valence-electron chi connectivity index (χ2n) is 4.76. The first kappa shape index (κ1) is 16.1. The minimum atomic E-state index is -1.24. The van der Waals surface area contributed by atoms with Gasteiger partial charge < -0.3 is 14.6 Å². The Morgan fingerprint density at radius 1 is 1.09 bits per heavy atom. The quantitative estimate of drug-likeness (QED) is 0.768. The first-order valence-electron chi connectivity index (χ1n) is 7.02. The molecule has 0 aliphatic carbocycles. The molecule has 2 rings (SSSR count). The Morgan fingerprint density at radius 2 is 1.64 bits per heavy atom. The molecular weight excluding hydrogens is 300 g/mol. The molecule has 114 valence electrons. The number of benzene rings is 2. The third kappa shape index (κ3) is 4.37. The highest BCUT2D eigenvalue weighted by atomic mass is 35.5. The molecule has 4 heteroatoms. The second-order valence-corrected chi connectivity index (χ2v) is 5.19. The zero-order chi connectivity index (χ0) is 15.9. The molecule has 0 amide bonds. The Balaban J connectivity index is 2.34. The number of carbonyl (C=O) groups is 1. The summed E-state index contributed by atoms with van der Waals surface area (Å²) in [5, 5.41) is 11.6. The van der Waals surface area contributed by atoms with Crippen molar-refractivity contribution in [3.63, 3.8) is 0 Å². The minimum absolute atomic E-state index is 0.568. The van der Waals surface area contributed by atoms with Gasteiger partial charge in [0.1, 0.15) is 5.75 Å². The molecule has 0 saturated heterocycles. The summed E-state index contributed by atoms with van der Waals surface area (Å²) >= 11 is 5.87. The number of carbonyl (C=O) groups excluding carboxylic acids is 1. The molecule has 0 aliphatic heterocycles. The lowest BCUT2D eigenvalue weighted by Crippen LogP contribution is -2.19. The maximum atomic E-state index is 11.0. The first-order chi connectivity index (χ1) is 10.6. The van der Waals surface area contributed by atoms with Crippen molar-refractivity contribution in [2.75, 3.05) is 6.61 Å². The maximum absolute atomic E-state index is 11.0. The van der Waals surface area contributed by atoms with Gasteiger partial charge in [-0.25, -0.2) is 0 Å². The van der Waals surface area contributed by atoms with Crippen LogP contribution in [0.4, 0.5) is 0 Å². The van der Waals surface area contributed by atoms with Crippen LogP contribution in [0.15, 0.2) is 54.6 Å². The second kappa shape index (κ2) is 7.66. The lowest BCUT2D eigenvalue weighted by Gasteiger charge is -2.11. The molecule has 0 fully saturated rings. The Hall–Kier alpha value is -2.26. The molecule has 0 aromatic heterocycles. The third-order valence-electron chi connectivity index (χ3n) is 3.06. The van der Waals surface area contributed by atoms with Gasteiger partial charge in [0.15, 0.2) is 0 Å². The molecule has 0 saturated carbocycles. The minimum Gasteiger partial charge on any atom is -0.545 e. The molecule has 0 unspecified atom stereocenters. The van der Waals surface area contributed by atoms with Crippen LogP contribution in [0.2, 0.25) is 5.02 Å². The van der Waals surface area contributed by atoms with Crippen molar-refractivity contribution in [2.45, 2.75) is 13.3 Å². The molecule has 2 aromatic rings. The summed E-state index contributed by atoms with van der Waals surface area (Å²) in [5.41, 5.74) is 2.10. The number of carboxylic acid groups (broad SMARTS) is 1. The van der Waals surface area contributed by atoms with Crippen molar-refractivity contribution >= 4 is 23.1 Å². The van der Waals surface area contributed by atoms with E-state index < -0.39 is 5.97 Å². The average Bonchev–Trinajstić information content (AvgIpc) is 2.52. The van der Waals surface area contributed by atoms with E-state index in [1.165, 1.54) is 0 Å². The summed E-state index contributed by atoms with van der Waals surface area (Å²) in [6, 6.07) is 14.3. The summed E-state index contributed by atoms with van der Waals surface area (Å²) in [6.45, 7) is 2.69. The van der Waals surface area contributed by atoms with Gasteiger partial charge in [-0.3, -0.25) is 0 Å². The smallest absolute Gasteiger partial charge is 0.119 e. The largest absolute Gasteiger partial charge is 0.545 e. The van der Waals surface area contributed by atoms with Crippen molar-refractivity contribution in [1.29, 1.82) is 0 Å². The summed E-state index contributed by atoms with van der Waals surface area (Å²) in [7, 11) is 0. The van der Waals surface area contributed by atoms with E-state index in [0.717, 1.165) is 29.4 Å². The Kier molecular flexibility index (Phi) is 5.61. The monoisotopic (exact) mass is 315 g/mol. The molecule has 0 atom stereocenters. The van der Waals surface area contributed by atoms with E-state index in [1.54, 1.807) is 24.3 Å². The fraction of sp³-hybridized carbons (Fsp3) is 0.167. The van der Waals surface area contributed by atoms with Crippen LogP contribution in [0.25, 0.3) is 5.57 Å². The average molecular weight is 316 g/mol. The Morgan fingerprint density at radius 3 is 2.14 bits per heavy atom. The van der Waals surface area contributed by atoms with E-state index in [-0.39, 0.29) is 0 Å². The fourth-order valence-corrected chi connectivity index (χ4v) is 2.16. The maximum Gasteiger partial charge on any atom is 0.119 e. The number of halogens is 1. The van der Waals surface area contributed by atoms with Crippen molar-refractivity contribution in [3.05, 3.63) is 70.8 Å². The molecule has 0 spiro atoms. The molecule has 0 bridgehead atoms. The highest BCUT2D eigenvalue weighted by Gasteiger charge is 2.06. The van der Waals surface area contributed by atoms with Crippen LogP contribution in [0.5, 0.6) is 5.75 Å². The van der Waals surface area contributed by atoms with Crippen LogP contribution in [0.1, 0.15) is 24.5 Å². The van der Waals surface area contributed by atoms with Crippen molar-refractivity contribution in [1.82, 2.24) is 0 Å². The van der Waals surface area contributed by atoms with Crippen LogP contribution < -0.4 is 9.84 Å². The standard InChI is InChI=1S/C18H17ClO3/c1-2-11-22-16-9-5-14(6-10-16)17(12-18(20)21)13-3-7-15(19)8-4-13/h3-10,12H,2,11H2,1H3,(H,20,21)/p-1/b17-12+. The molecule has 22 heavy (non-hydrogen) atoms. The summed E-state index contributed by atoms with van der Waals surface area (Å²) in [4.78, 5) is 11.0. The SMILES string of the molecule is CCCOc1ccc(/C(=C/C(=O)[O-])c2ccc(Cl)cc2)cc1. The van der Waals surface area contributed by atoms with Gasteiger partial charge in [-0.05, 0) is 53.5 Å². The van der Waals surface area contributed by atoms with Gasteiger partial charge in [0.25, 0.3) is 0 Å². The van der Waals surface area contributed by atoms with Gasteiger partial charge in [-0.2, -0.15) is 0 Å². The summed E-state index contributed by atoms with van der Waals surface area (Å²) in [5.74, 6) is -0.481. The molecule has 0 N–H and O–H groups in total. The van der Waals surface area contributed by atoms with Gasteiger partial charge in [-0.1, -0.05) is 42.8 Å². The van der Waals surface area contributed by atoms with Gasteiger partial charge in [0, 0.05) is 5.02 Å². The number of rotatable bonds is 6. The van der Waals surface area contributed by atoms with Crippen LogP contribution >= 0.6 is 11.6 Å². The molecule has 0 aliphatic rings. The van der Waals surface area contributed by atoms with Crippen LogP contribution in [-0.4, -0.2) is 12.6 Å². The van der Waals surface area contributed by atoms with Crippen LogP contribution in [0.3, 0.4) is 0 Å². The number of hydrogen-bond acceptors (Lipinski definition) is 3. The van der Waals surface area contributed by atoms with E-state index >= 15 is 0 Å². The lowest BCUT2D eigenvalue weighted by atomic mass is 9.97. The van der Waals surface area contributed by atoms with Crippen molar-refractivity contribution in [2.24, 2.45) is 0 Å². The number of carboxylic acids is 1. The highest BCUT2D eigenvalue weighted by Crippen LogP contribution is 2.26. The molecule has 3 nitrogen and oxygen atoms in total. The number of ether oxygens (including phenoxy) is 1. The third-order valence-corrected chi connectivity index (χ3v) is 3.31. The number of hydrogen-bond donors (Lipinski definition) is 0. The van der Waals surface area contributed by atoms with Crippen LogP contribution in [-0.2, 0) is 4.79 Å². The van der Waals surface area contributed by atoms with E-state index in [0.29, 0.717) is 17.2 Å². The number of aliphatic carboxylic acids is 1. The predicted molar refractivity (Wildman–Crippen MR) is 85.8 cm³/mol. The Bertz CT molecular complexity index is 658. The van der Waals surface area contributed by atoms with Crippen molar-refractivity contribution in [3.8, 4) is 5.75 Å². The van der Waals surface area contributed by atoms with Gasteiger partial charge in [0.05, 0.1) is 12.6 Å². The van der Waals surface area contributed by atoms with Gasteiger partial charge >= 0.3 is 0 Å². The zero-order valence-corrected chi connectivity index (χ0v) is 13.0.